The molecule has 0 heterocycles. The van der Waals surface area contributed by atoms with Crippen LogP contribution in [0.5, 0.6) is 0 Å². The average Bonchev–Trinajstić information content (AvgIpc) is 2.12. The van der Waals surface area contributed by atoms with Gasteiger partial charge in [0.25, 0.3) is 0 Å². The molecular formula is C3H6BF. The second-order valence-electron chi connectivity index (χ2n) is 1.60. The van der Waals surface area contributed by atoms with Crippen molar-refractivity contribution in [1.82, 2.24) is 0 Å². The minimum Gasteiger partial charge on any atom is -0.341 e. The summed E-state index contributed by atoms with van der Waals surface area (Å²) in [6, 6.07) is 0. The summed E-state index contributed by atoms with van der Waals surface area (Å²) < 4.78 is 11.2. The molecule has 0 radical (unpaired) electrons. The summed E-state index contributed by atoms with van der Waals surface area (Å²) in [7, 11) is -0.0833. The van der Waals surface area contributed by atoms with Crippen LogP contribution in [0.4, 0.5) is 4.32 Å². The van der Waals surface area contributed by atoms with E-state index in [1.54, 1.807) is 0 Å². The topological polar surface area (TPSA) is 0 Å². The summed E-state index contributed by atoms with van der Waals surface area (Å²) in [5, 5.41) is 0. The van der Waals surface area contributed by atoms with E-state index in [0.717, 1.165) is 12.8 Å². The van der Waals surface area contributed by atoms with Gasteiger partial charge in [-0.05, 0) is 5.82 Å². The molecule has 0 aliphatic heterocycles. The fourth-order valence-corrected chi connectivity index (χ4v) is 0.272. The Kier molecular flexibility index (Phi) is 0.637. The van der Waals surface area contributed by atoms with Gasteiger partial charge in [0, 0.05) is 0 Å². The van der Waals surface area contributed by atoms with Crippen LogP contribution in [0.15, 0.2) is 0 Å². The van der Waals surface area contributed by atoms with Crippen molar-refractivity contribution in [1.29, 1.82) is 0 Å². The molecule has 0 N–H and O–H groups in total. The molecule has 28 valence electrons. The summed E-state index contributed by atoms with van der Waals surface area (Å²) in [6.07, 6.45) is 2.27. The third-order valence-corrected chi connectivity index (χ3v) is 0.915. The minimum atomic E-state index is -0.0833. The van der Waals surface area contributed by atoms with Crippen LogP contribution in [0.1, 0.15) is 12.8 Å². The van der Waals surface area contributed by atoms with Crippen LogP contribution in [-0.4, -0.2) is 7.56 Å². The third-order valence-electron chi connectivity index (χ3n) is 0.915. The molecule has 1 aliphatic carbocycles. The zero-order chi connectivity index (χ0) is 3.70. The highest BCUT2D eigenvalue weighted by Gasteiger charge is 2.22. The first-order valence-electron chi connectivity index (χ1n) is 1.99. The monoisotopic (exact) mass is 72.1 g/mol. The first-order valence-corrected chi connectivity index (χ1v) is 1.99. The summed E-state index contributed by atoms with van der Waals surface area (Å²) in [6.45, 7) is 0. The highest BCUT2D eigenvalue weighted by atomic mass is 19.1. The molecular weight excluding hydrogens is 65.8 g/mol. The molecule has 0 aromatic carbocycles. The number of rotatable bonds is 1. The molecule has 1 aliphatic rings. The van der Waals surface area contributed by atoms with Gasteiger partial charge in [0.1, 0.15) is 0 Å². The second-order valence-corrected chi connectivity index (χ2v) is 1.60. The molecule has 0 nitrogen and oxygen atoms in total. The molecule has 0 spiro atoms. The molecule has 1 saturated carbocycles. The lowest BCUT2D eigenvalue weighted by molar-refractivity contribution is 0.856. The van der Waals surface area contributed by atoms with Crippen molar-refractivity contribution in [2.75, 3.05) is 0 Å². The quantitative estimate of drug-likeness (QED) is 0.403. The fourth-order valence-electron chi connectivity index (χ4n) is 0.272. The van der Waals surface area contributed by atoms with Crippen LogP contribution >= 0.6 is 0 Å². The Morgan fingerprint density at radius 3 is 2.20 bits per heavy atom. The smallest absolute Gasteiger partial charge is 0.334 e. The Hall–Kier alpha value is -0.00506. The van der Waals surface area contributed by atoms with Crippen molar-refractivity contribution < 1.29 is 4.32 Å². The number of hydrogen-bond donors (Lipinski definition) is 0. The number of hydrogen-bond acceptors (Lipinski definition) is 0. The minimum absolute atomic E-state index is 0.0833. The predicted octanol–water partition coefficient (Wildman–Crippen LogP) is 0.890. The maximum atomic E-state index is 11.2. The summed E-state index contributed by atoms with van der Waals surface area (Å²) in [5.74, 6) is 0.468. The van der Waals surface area contributed by atoms with Crippen molar-refractivity contribution in [3.63, 3.8) is 0 Å². The van der Waals surface area contributed by atoms with Crippen LogP contribution in [0, 0.1) is 0 Å². The van der Waals surface area contributed by atoms with Crippen LogP contribution < -0.4 is 0 Å². The fraction of sp³-hybridized carbons (Fsp3) is 1.00. The van der Waals surface area contributed by atoms with Crippen molar-refractivity contribution in [2.24, 2.45) is 0 Å². The Morgan fingerprint density at radius 2 is 2.20 bits per heavy atom. The van der Waals surface area contributed by atoms with Crippen LogP contribution in [0.2, 0.25) is 5.82 Å². The first kappa shape index (κ1) is 3.20. The van der Waals surface area contributed by atoms with Gasteiger partial charge in [0.2, 0.25) is 0 Å². The van der Waals surface area contributed by atoms with Crippen molar-refractivity contribution in [2.45, 2.75) is 18.7 Å². The van der Waals surface area contributed by atoms with Crippen LogP contribution in [0.25, 0.3) is 0 Å². The normalized spacial score (nSPS) is 22.6. The van der Waals surface area contributed by atoms with E-state index >= 15 is 0 Å². The van der Waals surface area contributed by atoms with Crippen molar-refractivity contribution in [3.8, 4) is 0 Å². The van der Waals surface area contributed by atoms with Gasteiger partial charge in [0.05, 0.1) is 0 Å². The van der Waals surface area contributed by atoms with Gasteiger partial charge in [-0.3, -0.25) is 0 Å². The van der Waals surface area contributed by atoms with E-state index in [1.165, 1.54) is 0 Å². The molecule has 0 aromatic heterocycles. The van der Waals surface area contributed by atoms with E-state index in [4.69, 9.17) is 0 Å². The molecule has 0 atom stereocenters. The van der Waals surface area contributed by atoms with Gasteiger partial charge in [-0.25, -0.2) is 0 Å². The number of halogens is 1. The van der Waals surface area contributed by atoms with E-state index in [9.17, 15) is 4.32 Å². The molecule has 0 saturated heterocycles. The van der Waals surface area contributed by atoms with Gasteiger partial charge >= 0.3 is 7.56 Å². The summed E-state index contributed by atoms with van der Waals surface area (Å²) in [4.78, 5) is 0. The average molecular weight is 71.9 g/mol. The van der Waals surface area contributed by atoms with Gasteiger partial charge in [0.15, 0.2) is 0 Å². The zero-order valence-corrected chi connectivity index (χ0v) is 3.08. The molecule has 0 amide bonds. The zero-order valence-electron chi connectivity index (χ0n) is 3.08. The van der Waals surface area contributed by atoms with Gasteiger partial charge in [-0.2, -0.15) is 0 Å². The van der Waals surface area contributed by atoms with E-state index in [2.05, 4.69) is 0 Å². The van der Waals surface area contributed by atoms with Crippen LogP contribution in [-0.2, 0) is 0 Å². The van der Waals surface area contributed by atoms with E-state index in [-0.39, 0.29) is 7.56 Å². The largest absolute Gasteiger partial charge is 0.341 e. The maximum Gasteiger partial charge on any atom is 0.334 e. The second kappa shape index (κ2) is 0.997. The lowest BCUT2D eigenvalue weighted by atomic mass is 9.98. The lowest BCUT2D eigenvalue weighted by Gasteiger charge is -1.64. The molecule has 0 bridgehead atoms. The third kappa shape index (κ3) is 0.637. The van der Waals surface area contributed by atoms with Gasteiger partial charge < -0.3 is 4.32 Å². The van der Waals surface area contributed by atoms with Crippen molar-refractivity contribution in [3.05, 3.63) is 0 Å². The Balaban J connectivity index is 2.00. The highest BCUT2D eigenvalue weighted by Crippen LogP contribution is 2.34. The summed E-state index contributed by atoms with van der Waals surface area (Å²) >= 11 is 0. The Morgan fingerprint density at radius 1 is 1.60 bits per heavy atom. The van der Waals surface area contributed by atoms with Gasteiger partial charge in [-0.15, -0.1) is 0 Å². The summed E-state index contributed by atoms with van der Waals surface area (Å²) in [5.41, 5.74) is 0. The highest BCUT2D eigenvalue weighted by molar-refractivity contribution is 6.29. The molecule has 1 fully saturated rings. The Labute approximate surface area is 31.7 Å². The molecule has 0 aromatic rings. The van der Waals surface area contributed by atoms with E-state index in [1.807, 2.05) is 0 Å². The first-order chi connectivity index (χ1) is 2.43. The maximum absolute atomic E-state index is 11.2. The van der Waals surface area contributed by atoms with Gasteiger partial charge in [-0.1, -0.05) is 12.8 Å². The molecule has 5 heavy (non-hydrogen) atoms. The SMILES string of the molecule is FBC1CC1. The predicted molar refractivity (Wildman–Crippen MR) is 21.2 cm³/mol. The standard InChI is InChI=1S/C3H6BF/c5-4-3-1-2-3/h3-4H,1-2H2. The molecule has 0 unspecified atom stereocenters. The lowest BCUT2D eigenvalue weighted by Crippen LogP contribution is -1.69. The van der Waals surface area contributed by atoms with Crippen molar-refractivity contribution >= 4 is 7.56 Å². The molecule has 1 rings (SSSR count). The van der Waals surface area contributed by atoms with E-state index < -0.39 is 0 Å². The molecule has 2 heteroatoms. The Bertz CT molecular complexity index is 33.9. The van der Waals surface area contributed by atoms with Crippen LogP contribution in [0.3, 0.4) is 0 Å². The van der Waals surface area contributed by atoms with E-state index in [0.29, 0.717) is 5.82 Å².